The minimum Gasteiger partial charge on any atom is -0.393 e. The topological polar surface area (TPSA) is 123 Å². The van der Waals surface area contributed by atoms with E-state index in [1.807, 2.05) is 25.4 Å². The Morgan fingerprint density at radius 1 is 1.02 bits per heavy atom. The van der Waals surface area contributed by atoms with Crippen molar-refractivity contribution in [3.8, 4) is 6.07 Å². The first-order valence-electron chi connectivity index (χ1n) is 12.7. The minimum absolute atomic E-state index is 0.00861. The summed E-state index contributed by atoms with van der Waals surface area (Å²) in [6, 6.07) is 21.1. The molecule has 40 heavy (non-hydrogen) atoms. The van der Waals surface area contributed by atoms with E-state index in [0.717, 1.165) is 40.3 Å². The van der Waals surface area contributed by atoms with Crippen LogP contribution in [0.15, 0.2) is 79.5 Å². The van der Waals surface area contributed by atoms with E-state index in [2.05, 4.69) is 64.7 Å². The summed E-state index contributed by atoms with van der Waals surface area (Å²) in [4.78, 5) is 37.4. The number of carbonyl (C=O) groups excluding carboxylic acids is 3. The van der Waals surface area contributed by atoms with E-state index in [0.29, 0.717) is 11.1 Å². The van der Waals surface area contributed by atoms with Crippen molar-refractivity contribution in [2.24, 2.45) is 0 Å². The van der Waals surface area contributed by atoms with Gasteiger partial charge in [-0.05, 0) is 70.3 Å². The first-order valence-corrected chi connectivity index (χ1v) is 13.6. The highest BCUT2D eigenvalue weighted by molar-refractivity contribution is 7.79. The Labute approximate surface area is 239 Å². The van der Waals surface area contributed by atoms with Crippen molar-refractivity contribution < 1.29 is 14.4 Å². The van der Waals surface area contributed by atoms with Gasteiger partial charge in [0.2, 0.25) is 0 Å². The fourth-order valence-corrected chi connectivity index (χ4v) is 4.51. The zero-order valence-electron chi connectivity index (χ0n) is 22.6. The maximum absolute atomic E-state index is 13.6. The molecule has 0 bridgehead atoms. The van der Waals surface area contributed by atoms with E-state index >= 15 is 0 Å². The van der Waals surface area contributed by atoms with Crippen LogP contribution in [0.1, 0.15) is 39.9 Å². The number of benzene rings is 3. The Bertz CT molecular complexity index is 1490. The van der Waals surface area contributed by atoms with Crippen LogP contribution in [-0.2, 0) is 21.7 Å². The van der Waals surface area contributed by atoms with Crippen LogP contribution in [0.25, 0.3) is 16.3 Å². The molecule has 3 aromatic carbocycles. The number of nitrogens with zero attached hydrogens (tertiary/aromatic N) is 1. The third-order valence-electron chi connectivity index (χ3n) is 6.57. The van der Waals surface area contributed by atoms with Gasteiger partial charge in [-0.2, -0.15) is 17.9 Å². The van der Waals surface area contributed by atoms with Gasteiger partial charge in [0.15, 0.2) is 0 Å². The van der Waals surface area contributed by atoms with Gasteiger partial charge < -0.3 is 21.3 Å². The van der Waals surface area contributed by atoms with Crippen LogP contribution >= 0.6 is 12.6 Å². The van der Waals surface area contributed by atoms with Crippen molar-refractivity contribution in [2.45, 2.75) is 24.9 Å². The number of hydrogen-bond donors (Lipinski definition) is 5. The van der Waals surface area contributed by atoms with Crippen molar-refractivity contribution in [1.29, 1.82) is 5.26 Å². The Balaban J connectivity index is 0.00000216. The molecule has 1 saturated carbocycles. The lowest BCUT2D eigenvalue weighted by Gasteiger charge is -2.22. The normalized spacial score (nSPS) is 13.1. The van der Waals surface area contributed by atoms with E-state index in [9.17, 15) is 14.4 Å². The molecule has 1 aliphatic carbocycles. The average Bonchev–Trinajstić information content (AvgIpc) is 3.78. The van der Waals surface area contributed by atoms with E-state index in [-0.39, 0.29) is 19.0 Å². The molecule has 1 aliphatic rings. The second-order valence-electron chi connectivity index (χ2n) is 9.05. The largest absolute Gasteiger partial charge is 0.393 e. The van der Waals surface area contributed by atoms with Crippen LogP contribution < -0.4 is 21.3 Å². The maximum Gasteiger partial charge on any atom is 0.310 e. The molecule has 9 heteroatoms. The number of nitrogens with one attached hydrogen (secondary N) is 4. The summed E-state index contributed by atoms with van der Waals surface area (Å²) in [6.45, 7) is 3.68. The monoisotopic (exact) mass is 555 g/mol. The third kappa shape index (κ3) is 6.90. The van der Waals surface area contributed by atoms with Gasteiger partial charge in [-0.3, -0.25) is 14.4 Å². The molecular formula is C31H33N5O3S. The highest BCUT2D eigenvalue weighted by atomic mass is 32.1. The van der Waals surface area contributed by atoms with E-state index in [1.54, 1.807) is 42.7 Å². The quantitative estimate of drug-likeness (QED) is 0.119. The van der Waals surface area contributed by atoms with Crippen LogP contribution in [0.2, 0.25) is 0 Å². The second-order valence-corrected chi connectivity index (χ2v) is 9.05. The first kappa shape index (κ1) is 30.0. The van der Waals surface area contributed by atoms with Gasteiger partial charge >= 0.3 is 11.8 Å². The summed E-state index contributed by atoms with van der Waals surface area (Å²) < 4.78 is 0. The summed E-state index contributed by atoms with van der Waals surface area (Å²) in [5.74, 6) is -2.03. The van der Waals surface area contributed by atoms with Crippen LogP contribution in [0, 0.1) is 11.3 Å². The summed E-state index contributed by atoms with van der Waals surface area (Å²) in [5.41, 5.74) is 3.46. The number of carbonyl (C=O) groups is 3. The molecule has 3 aromatic rings. The lowest BCUT2D eigenvalue weighted by Crippen LogP contribution is -2.40. The van der Waals surface area contributed by atoms with Gasteiger partial charge in [0.1, 0.15) is 6.54 Å². The second kappa shape index (κ2) is 14.0. The number of rotatable bonds is 9. The summed E-state index contributed by atoms with van der Waals surface area (Å²) in [7, 11) is 1.84. The van der Waals surface area contributed by atoms with Crippen LogP contribution in [0.5, 0.6) is 0 Å². The molecule has 8 nitrogen and oxygen atoms in total. The van der Waals surface area contributed by atoms with Gasteiger partial charge in [-0.1, -0.05) is 55.1 Å². The van der Waals surface area contributed by atoms with Crippen molar-refractivity contribution in [2.75, 3.05) is 19.8 Å². The zero-order chi connectivity index (χ0) is 29.1. The predicted molar refractivity (Wildman–Crippen MR) is 161 cm³/mol. The van der Waals surface area contributed by atoms with Crippen LogP contribution in [0.3, 0.4) is 0 Å². The van der Waals surface area contributed by atoms with E-state index in [4.69, 9.17) is 5.26 Å². The minimum atomic E-state index is -0.900. The summed E-state index contributed by atoms with van der Waals surface area (Å²) in [5, 5.41) is 21.7. The maximum atomic E-state index is 13.6. The van der Waals surface area contributed by atoms with Gasteiger partial charge in [0.25, 0.3) is 5.91 Å². The lowest BCUT2D eigenvalue weighted by molar-refractivity contribution is -0.139. The smallest absolute Gasteiger partial charge is 0.310 e. The highest BCUT2D eigenvalue weighted by Crippen LogP contribution is 2.49. The Hall–Kier alpha value is -4.55. The zero-order valence-corrected chi connectivity index (χ0v) is 23.5. The molecule has 0 spiro atoms. The first-order chi connectivity index (χ1) is 19.4. The summed E-state index contributed by atoms with van der Waals surface area (Å²) in [6.07, 6.45) is 6.98. The molecule has 0 aliphatic heterocycles. The van der Waals surface area contributed by atoms with Crippen molar-refractivity contribution >= 4 is 46.7 Å². The molecule has 0 atom stereocenters. The molecule has 0 radical (unpaired) electrons. The van der Waals surface area contributed by atoms with Crippen LogP contribution in [-0.4, -0.2) is 37.6 Å². The molecule has 0 aromatic heterocycles. The average molecular weight is 556 g/mol. The van der Waals surface area contributed by atoms with Crippen molar-refractivity contribution in [1.82, 2.24) is 21.3 Å². The molecule has 4 rings (SSSR count). The van der Waals surface area contributed by atoms with Gasteiger partial charge in [-0.25, -0.2) is 0 Å². The van der Waals surface area contributed by atoms with Gasteiger partial charge in [-0.15, -0.1) is 0 Å². The number of nitriles is 1. The molecular weight excluding hydrogens is 522 g/mol. The molecule has 4 N–H and O–H groups in total. The van der Waals surface area contributed by atoms with Gasteiger partial charge in [0.05, 0.1) is 11.6 Å². The number of thiol groups is 1. The third-order valence-corrected chi connectivity index (χ3v) is 6.57. The van der Waals surface area contributed by atoms with Crippen molar-refractivity contribution in [3.63, 3.8) is 0 Å². The lowest BCUT2D eigenvalue weighted by atomic mass is 9.91. The highest BCUT2D eigenvalue weighted by Gasteiger charge is 2.47. The van der Waals surface area contributed by atoms with Gasteiger partial charge in [0, 0.05) is 25.4 Å². The number of allylic oxidation sites excluding steroid dienone is 2. The molecule has 0 heterocycles. The Kier molecular flexibility index (Phi) is 10.5. The fraction of sp³-hybridized carbons (Fsp3) is 0.226. The standard InChI is InChI=1S/C30H29N5O3.CH4S/c1-3-20(18-32-2)23-16-21-8-4-6-10-24(21)26(17-23)30(12-13-30)35-27(36)25-11-7-5-9-22(25)19-34-29(38)28(37)33-15-14-31;1-2/h3-11,16-18,32H,1,12-13,15,19H2,2H3,(H,33,37)(H,34,38)(H,35,36);2H,1H3/b20-18+;. The SMILES string of the molecule is C=C/C(=C\NC)c1cc(C2(NC(=O)c3ccccc3CNC(=O)C(=O)NCC#N)CC2)c2ccccc2c1.CS. The summed E-state index contributed by atoms with van der Waals surface area (Å²) >= 11 is 3.53. The van der Waals surface area contributed by atoms with E-state index in [1.165, 1.54) is 0 Å². The van der Waals surface area contributed by atoms with Crippen LogP contribution in [0.4, 0.5) is 0 Å². The molecule has 1 fully saturated rings. The number of fused-ring (bicyclic) bond motifs is 1. The van der Waals surface area contributed by atoms with Crippen molar-refractivity contribution in [3.05, 3.63) is 102 Å². The molecule has 0 saturated heterocycles. The molecule has 206 valence electrons. The number of amides is 3. The van der Waals surface area contributed by atoms with E-state index < -0.39 is 17.4 Å². The predicted octanol–water partition coefficient (Wildman–Crippen LogP) is 3.81. The molecule has 0 unspecified atom stereocenters. The Morgan fingerprint density at radius 3 is 2.38 bits per heavy atom. The number of hydrogen-bond acceptors (Lipinski definition) is 6. The Morgan fingerprint density at radius 2 is 1.70 bits per heavy atom. The fourth-order valence-electron chi connectivity index (χ4n) is 4.51. The molecule has 3 amide bonds.